The summed E-state index contributed by atoms with van der Waals surface area (Å²) in [6.07, 6.45) is 1.34. The van der Waals surface area contributed by atoms with Crippen molar-refractivity contribution in [3.05, 3.63) is 28.4 Å². The van der Waals surface area contributed by atoms with Crippen LogP contribution in [0.4, 0.5) is 11.5 Å². The van der Waals surface area contributed by atoms with Crippen molar-refractivity contribution in [2.75, 3.05) is 31.6 Å². The highest BCUT2D eigenvalue weighted by molar-refractivity contribution is 5.44. The number of hydrogen-bond acceptors (Lipinski definition) is 5. The van der Waals surface area contributed by atoms with Crippen molar-refractivity contribution in [1.82, 2.24) is 9.88 Å². The summed E-state index contributed by atoms with van der Waals surface area (Å²) in [6.45, 7) is 7.28. The normalized spacial score (nSPS) is 20.8. The zero-order valence-corrected chi connectivity index (χ0v) is 11.6. The zero-order chi connectivity index (χ0) is 14.0. The van der Waals surface area contributed by atoms with Gasteiger partial charge in [-0.3, -0.25) is 10.1 Å². The Kier molecular flexibility index (Phi) is 3.99. The summed E-state index contributed by atoms with van der Waals surface area (Å²) in [5.41, 5.74) is 0.0407. The van der Waals surface area contributed by atoms with Crippen molar-refractivity contribution < 1.29 is 4.92 Å². The molecule has 19 heavy (non-hydrogen) atoms. The van der Waals surface area contributed by atoms with Gasteiger partial charge in [0, 0.05) is 31.7 Å². The van der Waals surface area contributed by atoms with E-state index in [1.165, 1.54) is 12.3 Å². The molecule has 0 N–H and O–H groups in total. The van der Waals surface area contributed by atoms with Crippen LogP contribution in [0.2, 0.25) is 0 Å². The van der Waals surface area contributed by atoms with E-state index in [1.807, 2.05) is 0 Å². The molecule has 0 radical (unpaired) electrons. The Morgan fingerprint density at radius 3 is 2.68 bits per heavy atom. The fraction of sp³-hybridized carbons (Fsp3) is 0.615. The maximum Gasteiger partial charge on any atom is 0.287 e. The van der Waals surface area contributed by atoms with Gasteiger partial charge in [-0.2, -0.15) is 0 Å². The van der Waals surface area contributed by atoms with Crippen LogP contribution in [0, 0.1) is 16.0 Å². The number of nitro groups is 1. The van der Waals surface area contributed by atoms with E-state index in [0.29, 0.717) is 12.0 Å². The number of anilines is 1. The lowest BCUT2D eigenvalue weighted by Gasteiger charge is -2.42. The van der Waals surface area contributed by atoms with Gasteiger partial charge in [0.1, 0.15) is 12.0 Å². The number of piperazine rings is 1. The number of nitrogens with zero attached hydrogens (tertiary/aromatic N) is 4. The molecule has 2 heterocycles. The van der Waals surface area contributed by atoms with Crippen molar-refractivity contribution in [1.29, 1.82) is 0 Å². The Morgan fingerprint density at radius 2 is 2.16 bits per heavy atom. The van der Waals surface area contributed by atoms with Gasteiger partial charge in [-0.1, -0.05) is 13.8 Å². The van der Waals surface area contributed by atoms with E-state index < -0.39 is 4.92 Å². The van der Waals surface area contributed by atoms with E-state index in [9.17, 15) is 10.1 Å². The molecule has 104 valence electrons. The van der Waals surface area contributed by atoms with Gasteiger partial charge in [-0.25, -0.2) is 4.98 Å². The van der Waals surface area contributed by atoms with Gasteiger partial charge in [-0.15, -0.1) is 0 Å². The number of rotatable bonds is 3. The van der Waals surface area contributed by atoms with Gasteiger partial charge < -0.3 is 9.80 Å². The van der Waals surface area contributed by atoms with Crippen LogP contribution in [-0.4, -0.2) is 47.5 Å². The lowest BCUT2D eigenvalue weighted by atomic mass is 10.00. The van der Waals surface area contributed by atoms with Crippen LogP contribution in [-0.2, 0) is 0 Å². The zero-order valence-electron chi connectivity index (χ0n) is 11.6. The quantitative estimate of drug-likeness (QED) is 0.615. The third-order valence-electron chi connectivity index (χ3n) is 3.63. The maximum atomic E-state index is 10.6. The molecule has 1 aliphatic heterocycles. The average Bonchev–Trinajstić information content (AvgIpc) is 2.38. The van der Waals surface area contributed by atoms with Crippen molar-refractivity contribution >= 4 is 11.5 Å². The first-order chi connectivity index (χ1) is 8.99. The Labute approximate surface area is 113 Å². The van der Waals surface area contributed by atoms with E-state index in [4.69, 9.17) is 0 Å². The number of likely N-dealkylation sites (N-methyl/N-ethyl adjacent to an activating group) is 1. The minimum Gasteiger partial charge on any atom is -0.351 e. The Balaban J connectivity index is 2.21. The van der Waals surface area contributed by atoms with Gasteiger partial charge >= 0.3 is 0 Å². The second-order valence-corrected chi connectivity index (χ2v) is 5.40. The number of hydrogen-bond donors (Lipinski definition) is 0. The fourth-order valence-electron chi connectivity index (χ4n) is 2.46. The predicted octanol–water partition coefficient (Wildman–Crippen LogP) is 1.77. The van der Waals surface area contributed by atoms with Crippen LogP contribution in [0.3, 0.4) is 0 Å². The summed E-state index contributed by atoms with van der Waals surface area (Å²) in [5.74, 6) is 1.34. The van der Waals surface area contributed by atoms with E-state index in [1.54, 1.807) is 6.07 Å². The second-order valence-electron chi connectivity index (χ2n) is 5.40. The van der Waals surface area contributed by atoms with E-state index in [2.05, 4.69) is 35.7 Å². The molecule has 1 unspecified atom stereocenters. The largest absolute Gasteiger partial charge is 0.351 e. The molecule has 2 rings (SSSR count). The van der Waals surface area contributed by atoms with Crippen molar-refractivity contribution in [2.24, 2.45) is 5.92 Å². The third-order valence-corrected chi connectivity index (χ3v) is 3.63. The fourth-order valence-corrected chi connectivity index (χ4v) is 2.46. The SMILES string of the molecule is CC(C)C1CN(C)CCN1c1ccc([N+](=O)[O-])cn1. The van der Waals surface area contributed by atoms with Crippen molar-refractivity contribution in [3.8, 4) is 0 Å². The van der Waals surface area contributed by atoms with Crippen molar-refractivity contribution in [3.63, 3.8) is 0 Å². The topological polar surface area (TPSA) is 62.5 Å². The summed E-state index contributed by atoms with van der Waals surface area (Å²) < 4.78 is 0. The molecule has 0 aromatic carbocycles. The maximum absolute atomic E-state index is 10.6. The summed E-state index contributed by atoms with van der Waals surface area (Å²) in [7, 11) is 2.12. The summed E-state index contributed by atoms with van der Waals surface area (Å²) in [4.78, 5) is 19.1. The number of pyridine rings is 1. The first-order valence-corrected chi connectivity index (χ1v) is 6.54. The molecule has 1 aromatic rings. The minimum absolute atomic E-state index is 0.0407. The van der Waals surface area contributed by atoms with Crippen LogP contribution < -0.4 is 4.90 Å². The van der Waals surface area contributed by atoms with Gasteiger partial charge in [0.2, 0.25) is 0 Å². The molecule has 1 fully saturated rings. The molecule has 1 aliphatic rings. The lowest BCUT2D eigenvalue weighted by Crippen LogP contribution is -2.54. The van der Waals surface area contributed by atoms with Crippen LogP contribution in [0.25, 0.3) is 0 Å². The Morgan fingerprint density at radius 1 is 1.42 bits per heavy atom. The molecule has 0 spiro atoms. The van der Waals surface area contributed by atoms with Crippen LogP contribution in [0.15, 0.2) is 18.3 Å². The molecule has 0 saturated carbocycles. The highest BCUT2D eigenvalue weighted by Gasteiger charge is 2.28. The van der Waals surface area contributed by atoms with Gasteiger partial charge in [0.25, 0.3) is 5.69 Å². The van der Waals surface area contributed by atoms with Gasteiger partial charge in [0.15, 0.2) is 0 Å². The molecule has 0 bridgehead atoms. The summed E-state index contributed by atoms with van der Waals surface area (Å²) in [6, 6.07) is 3.67. The lowest BCUT2D eigenvalue weighted by molar-refractivity contribution is -0.385. The molecule has 6 heteroatoms. The summed E-state index contributed by atoms with van der Waals surface area (Å²) in [5, 5.41) is 10.6. The van der Waals surface area contributed by atoms with E-state index in [-0.39, 0.29) is 5.69 Å². The minimum atomic E-state index is -0.416. The predicted molar refractivity (Wildman–Crippen MR) is 74.4 cm³/mol. The Hall–Kier alpha value is -1.69. The highest BCUT2D eigenvalue weighted by Crippen LogP contribution is 2.23. The van der Waals surface area contributed by atoms with E-state index in [0.717, 1.165) is 25.5 Å². The molecular formula is C13H20N4O2. The first-order valence-electron chi connectivity index (χ1n) is 6.54. The van der Waals surface area contributed by atoms with Crippen LogP contribution >= 0.6 is 0 Å². The summed E-state index contributed by atoms with van der Waals surface area (Å²) >= 11 is 0. The molecular weight excluding hydrogens is 244 g/mol. The molecule has 0 amide bonds. The van der Waals surface area contributed by atoms with Crippen molar-refractivity contribution in [2.45, 2.75) is 19.9 Å². The monoisotopic (exact) mass is 264 g/mol. The van der Waals surface area contributed by atoms with Gasteiger partial charge in [0.05, 0.1) is 4.92 Å². The number of aromatic nitrogens is 1. The third kappa shape index (κ3) is 3.01. The van der Waals surface area contributed by atoms with Gasteiger partial charge in [-0.05, 0) is 19.0 Å². The molecule has 0 aliphatic carbocycles. The molecule has 1 atom stereocenters. The first kappa shape index (κ1) is 13.7. The molecule has 1 aromatic heterocycles. The highest BCUT2D eigenvalue weighted by atomic mass is 16.6. The molecule has 6 nitrogen and oxygen atoms in total. The standard InChI is InChI=1S/C13H20N4O2/c1-10(2)12-9-15(3)6-7-16(12)13-5-4-11(8-14-13)17(18)19/h4-5,8,10,12H,6-7,9H2,1-3H3. The van der Waals surface area contributed by atoms with E-state index >= 15 is 0 Å². The van der Waals surface area contributed by atoms with Crippen LogP contribution in [0.1, 0.15) is 13.8 Å². The average molecular weight is 264 g/mol. The molecule has 1 saturated heterocycles. The smallest absolute Gasteiger partial charge is 0.287 e. The van der Waals surface area contributed by atoms with Crippen LogP contribution in [0.5, 0.6) is 0 Å². The second kappa shape index (κ2) is 5.52. The Bertz CT molecular complexity index is 446.